The molecule has 6 heteroatoms. The number of rotatable bonds is 7. The van der Waals surface area contributed by atoms with E-state index in [1.165, 1.54) is 21.3 Å². The largest absolute Gasteiger partial charge is 0.496 e. The molecule has 0 aliphatic carbocycles. The van der Waals surface area contributed by atoms with Gasteiger partial charge in [-0.2, -0.15) is 0 Å². The molecule has 1 atom stereocenters. The van der Waals surface area contributed by atoms with Crippen molar-refractivity contribution in [3.8, 4) is 17.2 Å². The molecule has 0 heterocycles. The standard InChI is InChI=1S/C19H23O5P/c1-13(2)25(21,15-9-7-6-8-10-15)19(20)18-16(23-4)11-14(22-3)12-17(18)24-5/h6-13H,1-5H3. The van der Waals surface area contributed by atoms with Crippen molar-refractivity contribution in [3.05, 3.63) is 48.0 Å². The molecule has 5 nitrogen and oxygen atoms in total. The van der Waals surface area contributed by atoms with Gasteiger partial charge in [-0.15, -0.1) is 0 Å². The maximum absolute atomic E-state index is 13.8. The monoisotopic (exact) mass is 362 g/mol. The summed E-state index contributed by atoms with van der Waals surface area (Å²) in [5, 5.41) is 0.523. The number of carbonyl (C=O) groups excluding carboxylic acids is 1. The van der Waals surface area contributed by atoms with Gasteiger partial charge in [-0.25, -0.2) is 0 Å². The minimum atomic E-state index is -3.40. The first kappa shape index (κ1) is 19.1. The third-order valence-electron chi connectivity index (χ3n) is 4.10. The second kappa shape index (κ2) is 7.75. The van der Waals surface area contributed by atoms with Crippen molar-refractivity contribution in [1.29, 1.82) is 0 Å². The lowest BCUT2D eigenvalue weighted by molar-refractivity contribution is 0.106. The van der Waals surface area contributed by atoms with E-state index in [2.05, 4.69) is 0 Å². The van der Waals surface area contributed by atoms with Crippen LogP contribution in [0.15, 0.2) is 42.5 Å². The number of benzene rings is 2. The first-order valence-corrected chi connectivity index (χ1v) is 9.68. The summed E-state index contributed by atoms with van der Waals surface area (Å²) in [6, 6.07) is 12.0. The average Bonchev–Trinajstić information content (AvgIpc) is 2.65. The molecule has 0 saturated carbocycles. The first-order valence-electron chi connectivity index (χ1n) is 7.90. The van der Waals surface area contributed by atoms with Crippen LogP contribution >= 0.6 is 7.14 Å². The lowest BCUT2D eigenvalue weighted by atomic mass is 10.2. The fourth-order valence-electron chi connectivity index (χ4n) is 2.68. The van der Waals surface area contributed by atoms with Crippen LogP contribution in [0.2, 0.25) is 0 Å². The third kappa shape index (κ3) is 3.42. The second-order valence-corrected chi connectivity index (χ2v) is 9.07. The molecule has 1 unspecified atom stereocenters. The summed E-state index contributed by atoms with van der Waals surface area (Å²) in [6.07, 6.45) is 0. The van der Waals surface area contributed by atoms with Gasteiger partial charge in [0.15, 0.2) is 7.14 Å². The van der Waals surface area contributed by atoms with Crippen molar-refractivity contribution in [2.24, 2.45) is 0 Å². The van der Waals surface area contributed by atoms with Gasteiger partial charge in [0.25, 0.3) is 0 Å². The Kier molecular flexibility index (Phi) is 5.91. The van der Waals surface area contributed by atoms with Crippen LogP contribution in [0.25, 0.3) is 0 Å². The number of ether oxygens (including phenoxy) is 3. The Labute approximate surface area is 148 Å². The highest BCUT2D eigenvalue weighted by molar-refractivity contribution is 7.88. The van der Waals surface area contributed by atoms with Crippen LogP contribution in [0.4, 0.5) is 0 Å². The van der Waals surface area contributed by atoms with Crippen LogP contribution in [-0.4, -0.2) is 32.5 Å². The summed E-state index contributed by atoms with van der Waals surface area (Å²) in [5.74, 6) is 1.04. The van der Waals surface area contributed by atoms with Crippen molar-refractivity contribution in [3.63, 3.8) is 0 Å². The van der Waals surface area contributed by atoms with Crippen molar-refractivity contribution in [1.82, 2.24) is 0 Å². The Morgan fingerprint density at radius 1 is 0.920 bits per heavy atom. The average molecular weight is 362 g/mol. The second-order valence-electron chi connectivity index (χ2n) is 5.80. The molecule has 0 N–H and O–H groups in total. The molecule has 2 rings (SSSR count). The molecule has 2 aromatic rings. The molecule has 0 aromatic heterocycles. The minimum absolute atomic E-state index is 0.173. The molecule has 0 spiro atoms. The summed E-state index contributed by atoms with van der Waals surface area (Å²) in [6.45, 7) is 3.57. The van der Waals surface area contributed by atoms with E-state index in [4.69, 9.17) is 14.2 Å². The molecule has 25 heavy (non-hydrogen) atoms. The zero-order chi connectivity index (χ0) is 18.6. The predicted molar refractivity (Wildman–Crippen MR) is 99.2 cm³/mol. The maximum atomic E-state index is 13.8. The molecule has 0 amide bonds. The lowest BCUT2D eigenvalue weighted by Gasteiger charge is -2.23. The molecular formula is C19H23O5P. The summed E-state index contributed by atoms with van der Waals surface area (Å²) >= 11 is 0. The van der Waals surface area contributed by atoms with Gasteiger partial charge in [-0.1, -0.05) is 44.2 Å². The molecule has 134 valence electrons. The van der Waals surface area contributed by atoms with Gasteiger partial charge in [0, 0.05) is 23.1 Å². The Morgan fingerprint density at radius 3 is 1.84 bits per heavy atom. The van der Waals surface area contributed by atoms with Gasteiger partial charge in [0.1, 0.15) is 22.8 Å². The molecule has 0 fully saturated rings. The lowest BCUT2D eigenvalue weighted by Crippen LogP contribution is -2.21. The summed E-state index contributed by atoms with van der Waals surface area (Å²) in [5.41, 5.74) is -0.671. The van der Waals surface area contributed by atoms with E-state index < -0.39 is 12.7 Å². The Bertz CT molecular complexity index is 774. The Balaban J connectivity index is 2.71. The Hall–Kier alpha value is -2.26. The van der Waals surface area contributed by atoms with Gasteiger partial charge >= 0.3 is 0 Å². The molecular weight excluding hydrogens is 339 g/mol. The highest BCUT2D eigenvalue weighted by Crippen LogP contribution is 2.55. The number of methoxy groups -OCH3 is 3. The van der Waals surface area contributed by atoms with Gasteiger partial charge in [-0.05, 0) is 0 Å². The third-order valence-corrected chi connectivity index (χ3v) is 7.44. The summed E-state index contributed by atoms with van der Waals surface area (Å²) in [4.78, 5) is 13.4. The van der Waals surface area contributed by atoms with Gasteiger partial charge < -0.3 is 18.8 Å². The van der Waals surface area contributed by atoms with Crippen molar-refractivity contribution in [2.45, 2.75) is 19.5 Å². The van der Waals surface area contributed by atoms with Crippen LogP contribution in [-0.2, 0) is 4.57 Å². The predicted octanol–water partition coefficient (Wildman–Crippen LogP) is 3.95. The van der Waals surface area contributed by atoms with Gasteiger partial charge in [-0.3, -0.25) is 4.79 Å². The van der Waals surface area contributed by atoms with Gasteiger partial charge in [0.2, 0.25) is 5.52 Å². The van der Waals surface area contributed by atoms with Crippen molar-refractivity contribution < 1.29 is 23.6 Å². The van der Waals surface area contributed by atoms with E-state index in [0.717, 1.165) is 0 Å². The first-order chi connectivity index (χ1) is 11.9. The quantitative estimate of drug-likeness (QED) is 0.698. The molecule has 0 bridgehead atoms. The smallest absolute Gasteiger partial charge is 0.233 e. The normalized spacial score (nSPS) is 13.2. The molecule has 0 aliphatic rings. The molecule has 0 saturated heterocycles. The number of carbonyl (C=O) groups is 1. The van der Waals surface area contributed by atoms with E-state index in [1.807, 2.05) is 6.07 Å². The fourth-order valence-corrected chi connectivity index (χ4v) is 5.15. The van der Waals surface area contributed by atoms with E-state index in [0.29, 0.717) is 11.1 Å². The van der Waals surface area contributed by atoms with Crippen LogP contribution < -0.4 is 19.5 Å². The van der Waals surface area contributed by atoms with Crippen LogP contribution in [0, 0.1) is 0 Å². The molecule has 2 aromatic carbocycles. The van der Waals surface area contributed by atoms with Gasteiger partial charge in [0.05, 0.1) is 21.3 Å². The van der Waals surface area contributed by atoms with E-state index >= 15 is 0 Å². The molecule has 0 aliphatic heterocycles. The SMILES string of the molecule is COc1cc(OC)c(C(=O)P(=O)(c2ccccc2)C(C)C)c(OC)c1. The Morgan fingerprint density at radius 2 is 1.44 bits per heavy atom. The highest BCUT2D eigenvalue weighted by Gasteiger charge is 2.40. The topological polar surface area (TPSA) is 61.8 Å². The molecule has 0 radical (unpaired) electrons. The number of hydrogen-bond acceptors (Lipinski definition) is 5. The van der Waals surface area contributed by atoms with E-state index in [9.17, 15) is 9.36 Å². The van der Waals surface area contributed by atoms with Crippen LogP contribution in [0.5, 0.6) is 17.2 Å². The number of hydrogen-bond donors (Lipinski definition) is 0. The van der Waals surface area contributed by atoms with Crippen molar-refractivity contribution >= 4 is 18.0 Å². The zero-order valence-corrected chi connectivity index (χ0v) is 16.0. The highest BCUT2D eigenvalue weighted by atomic mass is 31.2. The maximum Gasteiger partial charge on any atom is 0.233 e. The van der Waals surface area contributed by atoms with E-state index in [1.54, 1.807) is 50.2 Å². The van der Waals surface area contributed by atoms with Crippen LogP contribution in [0.1, 0.15) is 24.2 Å². The van der Waals surface area contributed by atoms with E-state index in [-0.39, 0.29) is 22.7 Å². The fraction of sp³-hybridized carbons (Fsp3) is 0.316. The minimum Gasteiger partial charge on any atom is -0.496 e. The summed E-state index contributed by atoms with van der Waals surface area (Å²) in [7, 11) is 1.02. The van der Waals surface area contributed by atoms with Crippen molar-refractivity contribution in [2.75, 3.05) is 21.3 Å². The van der Waals surface area contributed by atoms with Crippen LogP contribution in [0.3, 0.4) is 0 Å². The zero-order valence-electron chi connectivity index (χ0n) is 15.1. The summed E-state index contributed by atoms with van der Waals surface area (Å²) < 4.78 is 29.7.